The first-order valence-corrected chi connectivity index (χ1v) is 9.95. The Balaban J connectivity index is 1.43. The summed E-state index contributed by atoms with van der Waals surface area (Å²) in [5, 5.41) is 3.28. The average molecular weight is 409 g/mol. The van der Waals surface area contributed by atoms with Gasteiger partial charge in [-0.15, -0.1) is 11.3 Å². The Morgan fingerprint density at radius 3 is 2.86 bits per heavy atom. The van der Waals surface area contributed by atoms with Crippen LogP contribution in [-0.2, 0) is 12.8 Å². The van der Waals surface area contributed by atoms with E-state index in [1.165, 1.54) is 17.7 Å². The lowest BCUT2D eigenvalue weighted by Crippen LogP contribution is -2.33. The summed E-state index contributed by atoms with van der Waals surface area (Å²) in [5.74, 6) is 0.315. The maximum Gasteiger partial charge on any atom is 0.284 e. The quantitative estimate of drug-likeness (QED) is 0.711. The molecule has 1 N–H and O–H groups in total. The monoisotopic (exact) mass is 409 g/mol. The van der Waals surface area contributed by atoms with Gasteiger partial charge in [-0.2, -0.15) is 0 Å². The Morgan fingerprint density at radius 2 is 2.07 bits per heavy atom. The molecule has 8 nitrogen and oxygen atoms in total. The van der Waals surface area contributed by atoms with Crippen LogP contribution in [0.2, 0.25) is 0 Å². The number of thiazole rings is 1. The molecule has 0 spiro atoms. The highest BCUT2D eigenvalue weighted by Crippen LogP contribution is 2.25. The number of aromatic nitrogens is 3. The summed E-state index contributed by atoms with van der Waals surface area (Å²) in [6.07, 6.45) is 4.20. The third kappa shape index (κ3) is 4.24. The molecule has 0 aliphatic carbocycles. The number of anilines is 1. The van der Waals surface area contributed by atoms with Crippen LogP contribution in [0.1, 0.15) is 30.9 Å². The number of rotatable bonds is 4. The second-order valence-electron chi connectivity index (χ2n) is 6.46. The molecule has 4 rings (SSSR count). The SMILES string of the molecule is COc1cccc(NC(=O)c2nc3c(s2)CCN(C(=O)c2ccncn2)CC3)c1. The van der Waals surface area contributed by atoms with Gasteiger partial charge in [0.15, 0.2) is 5.01 Å². The summed E-state index contributed by atoms with van der Waals surface area (Å²) < 4.78 is 5.18. The van der Waals surface area contributed by atoms with Gasteiger partial charge in [0.05, 0.1) is 12.8 Å². The predicted molar refractivity (Wildman–Crippen MR) is 108 cm³/mol. The van der Waals surface area contributed by atoms with Crippen molar-refractivity contribution in [2.45, 2.75) is 12.8 Å². The van der Waals surface area contributed by atoms with Gasteiger partial charge in [0.1, 0.15) is 17.8 Å². The highest BCUT2D eigenvalue weighted by Gasteiger charge is 2.24. The summed E-state index contributed by atoms with van der Waals surface area (Å²) in [5.41, 5.74) is 1.92. The van der Waals surface area contributed by atoms with E-state index in [1.807, 2.05) is 12.1 Å². The molecule has 1 aliphatic rings. The molecule has 0 radical (unpaired) electrons. The van der Waals surface area contributed by atoms with E-state index >= 15 is 0 Å². The minimum Gasteiger partial charge on any atom is -0.497 e. The van der Waals surface area contributed by atoms with Crippen molar-refractivity contribution in [1.82, 2.24) is 19.9 Å². The van der Waals surface area contributed by atoms with Crippen molar-refractivity contribution in [2.75, 3.05) is 25.5 Å². The Labute approximate surface area is 171 Å². The molecule has 0 atom stereocenters. The second-order valence-corrected chi connectivity index (χ2v) is 7.55. The number of ether oxygens (including phenoxy) is 1. The summed E-state index contributed by atoms with van der Waals surface area (Å²) in [4.78, 5) is 40.4. The molecule has 0 saturated heterocycles. The van der Waals surface area contributed by atoms with Gasteiger partial charge in [0.2, 0.25) is 0 Å². The van der Waals surface area contributed by atoms with Gasteiger partial charge < -0.3 is 15.0 Å². The molecule has 0 saturated carbocycles. The molecule has 3 heterocycles. The molecule has 1 aliphatic heterocycles. The number of carbonyl (C=O) groups excluding carboxylic acids is 2. The van der Waals surface area contributed by atoms with Gasteiger partial charge in [-0.05, 0) is 18.2 Å². The van der Waals surface area contributed by atoms with Gasteiger partial charge in [-0.3, -0.25) is 9.59 Å². The molecule has 148 valence electrons. The Bertz CT molecular complexity index is 1010. The summed E-state index contributed by atoms with van der Waals surface area (Å²) >= 11 is 1.38. The number of nitrogens with zero attached hydrogens (tertiary/aromatic N) is 4. The molecule has 0 bridgehead atoms. The number of nitrogens with one attached hydrogen (secondary N) is 1. The molecular formula is C20H19N5O3S. The summed E-state index contributed by atoms with van der Waals surface area (Å²) in [7, 11) is 1.58. The van der Waals surface area contributed by atoms with E-state index in [2.05, 4.69) is 20.3 Å². The first-order valence-electron chi connectivity index (χ1n) is 9.13. The lowest BCUT2D eigenvalue weighted by molar-refractivity contribution is 0.0756. The standard InChI is InChI=1S/C20H19N5O3S/c1-28-14-4-2-3-13(11-14)23-18(26)19-24-15-6-9-25(10-7-17(15)29-19)20(27)16-5-8-21-12-22-16/h2-5,8,11-12H,6-7,9-10H2,1H3,(H,23,26). The van der Waals surface area contributed by atoms with E-state index in [4.69, 9.17) is 4.74 Å². The van der Waals surface area contributed by atoms with E-state index in [9.17, 15) is 9.59 Å². The highest BCUT2D eigenvalue weighted by molar-refractivity contribution is 7.13. The number of methoxy groups -OCH3 is 1. The van der Waals surface area contributed by atoms with Gasteiger partial charge in [0.25, 0.3) is 11.8 Å². The first-order chi connectivity index (χ1) is 14.1. The second kappa shape index (κ2) is 8.36. The van der Waals surface area contributed by atoms with Crippen molar-refractivity contribution in [2.24, 2.45) is 0 Å². The Kier molecular flexibility index (Phi) is 5.48. The van der Waals surface area contributed by atoms with Crippen molar-refractivity contribution in [3.8, 4) is 5.75 Å². The number of hydrogen-bond donors (Lipinski definition) is 1. The van der Waals surface area contributed by atoms with Gasteiger partial charge in [-0.1, -0.05) is 6.07 Å². The number of amides is 2. The zero-order valence-corrected chi connectivity index (χ0v) is 16.6. The predicted octanol–water partition coefficient (Wildman–Crippen LogP) is 2.44. The van der Waals surface area contributed by atoms with E-state index < -0.39 is 0 Å². The molecule has 1 aromatic carbocycles. The van der Waals surface area contributed by atoms with Crippen LogP contribution in [0.3, 0.4) is 0 Å². The lowest BCUT2D eigenvalue weighted by atomic mass is 10.2. The van der Waals surface area contributed by atoms with Crippen LogP contribution >= 0.6 is 11.3 Å². The van der Waals surface area contributed by atoms with E-state index in [1.54, 1.807) is 36.4 Å². The third-order valence-corrected chi connectivity index (χ3v) is 5.77. The van der Waals surface area contributed by atoms with Crippen LogP contribution in [0.4, 0.5) is 5.69 Å². The molecule has 2 aromatic heterocycles. The number of fused-ring (bicyclic) bond motifs is 1. The maximum absolute atomic E-state index is 12.6. The molecule has 2 amide bonds. The topological polar surface area (TPSA) is 97.3 Å². The fourth-order valence-electron chi connectivity index (χ4n) is 3.13. The third-order valence-electron chi connectivity index (χ3n) is 4.62. The average Bonchev–Trinajstić information content (AvgIpc) is 3.07. The first kappa shape index (κ1) is 19.0. The van der Waals surface area contributed by atoms with E-state index in [0.29, 0.717) is 48.1 Å². The largest absolute Gasteiger partial charge is 0.497 e. The van der Waals surface area contributed by atoms with Crippen LogP contribution in [0, 0.1) is 0 Å². The molecule has 29 heavy (non-hydrogen) atoms. The van der Waals surface area contributed by atoms with Crippen molar-refractivity contribution in [3.63, 3.8) is 0 Å². The minimum absolute atomic E-state index is 0.112. The molecule has 0 fully saturated rings. The molecule has 0 unspecified atom stereocenters. The smallest absolute Gasteiger partial charge is 0.284 e. The van der Waals surface area contributed by atoms with E-state index in [-0.39, 0.29) is 11.8 Å². The van der Waals surface area contributed by atoms with Gasteiger partial charge in [0, 0.05) is 48.8 Å². The number of carbonyl (C=O) groups is 2. The fourth-order valence-corrected chi connectivity index (χ4v) is 4.12. The normalized spacial score (nSPS) is 13.3. The number of hydrogen-bond acceptors (Lipinski definition) is 7. The van der Waals surface area contributed by atoms with Crippen LogP contribution < -0.4 is 10.1 Å². The lowest BCUT2D eigenvalue weighted by Gasteiger charge is -2.19. The van der Waals surface area contributed by atoms with Crippen LogP contribution in [-0.4, -0.2) is 51.9 Å². The Hall–Kier alpha value is -3.33. The molecule has 9 heteroatoms. The van der Waals surface area contributed by atoms with Gasteiger partial charge >= 0.3 is 0 Å². The van der Waals surface area contributed by atoms with Crippen molar-refractivity contribution < 1.29 is 14.3 Å². The Morgan fingerprint density at radius 1 is 1.21 bits per heavy atom. The zero-order valence-electron chi connectivity index (χ0n) is 15.8. The van der Waals surface area contributed by atoms with Crippen LogP contribution in [0.5, 0.6) is 5.75 Å². The number of benzene rings is 1. The summed E-state index contributed by atoms with van der Waals surface area (Å²) in [6, 6.07) is 8.80. The van der Waals surface area contributed by atoms with Crippen molar-refractivity contribution in [3.05, 3.63) is 64.1 Å². The molecular weight excluding hydrogens is 390 g/mol. The van der Waals surface area contributed by atoms with Crippen LogP contribution in [0.15, 0.2) is 42.9 Å². The van der Waals surface area contributed by atoms with Gasteiger partial charge in [-0.25, -0.2) is 15.0 Å². The van der Waals surface area contributed by atoms with E-state index in [0.717, 1.165) is 10.6 Å². The molecule has 3 aromatic rings. The van der Waals surface area contributed by atoms with Crippen LogP contribution in [0.25, 0.3) is 0 Å². The summed E-state index contributed by atoms with van der Waals surface area (Å²) in [6.45, 7) is 1.10. The van der Waals surface area contributed by atoms with Crippen molar-refractivity contribution in [1.29, 1.82) is 0 Å². The zero-order chi connectivity index (χ0) is 20.2. The van der Waals surface area contributed by atoms with Crippen molar-refractivity contribution >= 4 is 28.8 Å². The highest BCUT2D eigenvalue weighted by atomic mass is 32.1. The maximum atomic E-state index is 12.6. The minimum atomic E-state index is -0.245. The fraction of sp³-hybridized carbons (Fsp3) is 0.250.